The highest BCUT2D eigenvalue weighted by molar-refractivity contribution is 6.31. The summed E-state index contributed by atoms with van der Waals surface area (Å²) in [6.07, 6.45) is 8.95. The molecular weight excluding hydrogens is 355 g/mol. The number of nitrogens with zero attached hydrogens (tertiary/aromatic N) is 3. The van der Waals surface area contributed by atoms with Gasteiger partial charge in [-0.1, -0.05) is 17.7 Å². The Labute approximate surface area is 153 Å². The summed E-state index contributed by atoms with van der Waals surface area (Å²) in [6.45, 7) is 0. The number of hydrogen-bond acceptors (Lipinski definition) is 3. The van der Waals surface area contributed by atoms with Crippen LogP contribution in [0.2, 0.25) is 5.02 Å². The van der Waals surface area contributed by atoms with E-state index in [1.165, 1.54) is 6.07 Å². The SMILES string of the molecule is O=C(CCc1c(F)cccc1Cl)c1c[nH]c(-c2cnc3cnccn23)c1. The van der Waals surface area contributed by atoms with E-state index in [0.717, 1.165) is 17.0 Å². The lowest BCUT2D eigenvalue weighted by atomic mass is 10.0. The number of Topliss-reactive ketones (excluding diaryl/α,β-unsaturated/α-hetero) is 1. The lowest BCUT2D eigenvalue weighted by Gasteiger charge is -2.04. The minimum absolute atomic E-state index is 0.0812. The van der Waals surface area contributed by atoms with Crippen LogP contribution in [0.4, 0.5) is 4.39 Å². The summed E-state index contributed by atoms with van der Waals surface area (Å²) < 4.78 is 15.7. The first-order valence-corrected chi connectivity index (χ1v) is 8.43. The molecule has 0 unspecified atom stereocenters. The van der Waals surface area contributed by atoms with E-state index in [1.807, 2.05) is 4.40 Å². The van der Waals surface area contributed by atoms with Gasteiger partial charge in [0.25, 0.3) is 0 Å². The molecule has 1 aromatic carbocycles. The second-order valence-electron chi connectivity index (χ2n) is 5.87. The zero-order valence-corrected chi connectivity index (χ0v) is 14.4. The van der Waals surface area contributed by atoms with Gasteiger partial charge in [-0.3, -0.25) is 14.2 Å². The number of imidazole rings is 1. The molecule has 3 aromatic heterocycles. The van der Waals surface area contributed by atoms with Gasteiger partial charge in [0, 0.05) is 41.2 Å². The average molecular weight is 369 g/mol. The number of benzene rings is 1. The fourth-order valence-corrected chi connectivity index (χ4v) is 3.16. The minimum Gasteiger partial charge on any atom is -0.359 e. The van der Waals surface area contributed by atoms with Gasteiger partial charge in [0.1, 0.15) is 5.82 Å². The number of fused-ring (bicyclic) bond motifs is 1. The third-order valence-corrected chi connectivity index (χ3v) is 4.62. The smallest absolute Gasteiger partial charge is 0.164 e. The molecule has 0 aliphatic carbocycles. The van der Waals surface area contributed by atoms with Crippen LogP contribution in [0.3, 0.4) is 0 Å². The Morgan fingerprint density at radius 2 is 2.19 bits per heavy atom. The van der Waals surface area contributed by atoms with Crippen LogP contribution in [0.25, 0.3) is 17.0 Å². The number of halogens is 2. The van der Waals surface area contributed by atoms with Crippen molar-refractivity contribution in [3.8, 4) is 11.4 Å². The Bertz CT molecular complexity index is 1080. The van der Waals surface area contributed by atoms with Crippen molar-refractivity contribution in [2.75, 3.05) is 0 Å². The molecule has 1 N–H and O–H groups in total. The number of hydrogen-bond donors (Lipinski definition) is 1. The normalized spacial score (nSPS) is 11.2. The number of carbonyl (C=O) groups is 1. The number of rotatable bonds is 5. The maximum Gasteiger partial charge on any atom is 0.164 e. The molecule has 0 fully saturated rings. The zero-order valence-electron chi connectivity index (χ0n) is 13.6. The molecule has 26 heavy (non-hydrogen) atoms. The Hall–Kier alpha value is -2.99. The topological polar surface area (TPSA) is 63.0 Å². The Balaban J connectivity index is 1.53. The van der Waals surface area contributed by atoms with Crippen LogP contribution < -0.4 is 0 Å². The lowest BCUT2D eigenvalue weighted by molar-refractivity contribution is 0.0983. The van der Waals surface area contributed by atoms with Gasteiger partial charge >= 0.3 is 0 Å². The van der Waals surface area contributed by atoms with E-state index in [4.69, 9.17) is 11.6 Å². The highest BCUT2D eigenvalue weighted by atomic mass is 35.5. The van der Waals surface area contributed by atoms with Crippen LogP contribution in [0.5, 0.6) is 0 Å². The second-order valence-corrected chi connectivity index (χ2v) is 6.28. The molecule has 0 radical (unpaired) electrons. The summed E-state index contributed by atoms with van der Waals surface area (Å²) in [5.41, 5.74) is 3.23. The largest absolute Gasteiger partial charge is 0.359 e. The predicted octanol–water partition coefficient (Wildman–Crippen LogP) is 4.33. The minimum atomic E-state index is -0.389. The molecule has 0 bridgehead atoms. The molecule has 0 saturated carbocycles. The monoisotopic (exact) mass is 368 g/mol. The number of aromatic amines is 1. The number of aromatic nitrogens is 4. The second kappa shape index (κ2) is 6.72. The van der Waals surface area contributed by atoms with Gasteiger partial charge in [-0.25, -0.2) is 9.37 Å². The van der Waals surface area contributed by atoms with Gasteiger partial charge in [0.2, 0.25) is 0 Å². The van der Waals surface area contributed by atoms with Crippen LogP contribution in [0.15, 0.2) is 55.2 Å². The Morgan fingerprint density at radius 3 is 3.04 bits per heavy atom. The van der Waals surface area contributed by atoms with E-state index in [1.54, 1.807) is 49.2 Å². The number of nitrogens with one attached hydrogen (secondary N) is 1. The summed E-state index contributed by atoms with van der Waals surface area (Å²) in [5.74, 6) is -0.471. The maximum absolute atomic E-state index is 13.8. The fourth-order valence-electron chi connectivity index (χ4n) is 2.90. The first kappa shape index (κ1) is 16.5. The number of ketones is 1. The maximum atomic E-state index is 13.8. The molecule has 5 nitrogen and oxygen atoms in total. The summed E-state index contributed by atoms with van der Waals surface area (Å²) in [4.78, 5) is 23.9. The van der Waals surface area contributed by atoms with Crippen molar-refractivity contribution in [1.29, 1.82) is 0 Å². The van der Waals surface area contributed by atoms with Crippen molar-refractivity contribution in [3.05, 3.63) is 77.2 Å². The molecule has 0 aliphatic rings. The molecule has 4 rings (SSSR count). The Kier molecular flexibility index (Phi) is 4.26. The van der Waals surface area contributed by atoms with E-state index in [2.05, 4.69) is 15.0 Å². The highest BCUT2D eigenvalue weighted by Gasteiger charge is 2.14. The van der Waals surface area contributed by atoms with Gasteiger partial charge in [-0.15, -0.1) is 0 Å². The molecule has 3 heterocycles. The number of H-pyrrole nitrogens is 1. The standard InChI is InChI=1S/C19H14ClFN4O/c20-14-2-1-3-15(21)13(14)4-5-18(26)12-8-16(23-9-12)17-10-24-19-11-22-6-7-25(17)19/h1-3,6-11,23H,4-5H2. The van der Waals surface area contributed by atoms with Crippen molar-refractivity contribution in [3.63, 3.8) is 0 Å². The summed E-state index contributed by atoms with van der Waals surface area (Å²) in [5, 5.41) is 0.340. The van der Waals surface area contributed by atoms with Crippen LogP contribution >= 0.6 is 11.6 Å². The first-order chi connectivity index (χ1) is 12.6. The van der Waals surface area contributed by atoms with Crippen molar-refractivity contribution < 1.29 is 9.18 Å². The molecule has 0 spiro atoms. The van der Waals surface area contributed by atoms with E-state index < -0.39 is 0 Å². The predicted molar refractivity (Wildman–Crippen MR) is 96.8 cm³/mol. The van der Waals surface area contributed by atoms with E-state index >= 15 is 0 Å². The van der Waals surface area contributed by atoms with Crippen molar-refractivity contribution >= 4 is 23.0 Å². The van der Waals surface area contributed by atoms with Crippen LogP contribution in [0.1, 0.15) is 22.3 Å². The van der Waals surface area contributed by atoms with Gasteiger partial charge in [-0.05, 0) is 24.6 Å². The first-order valence-electron chi connectivity index (χ1n) is 8.05. The fraction of sp³-hybridized carbons (Fsp3) is 0.105. The molecule has 130 valence electrons. The van der Waals surface area contributed by atoms with Crippen LogP contribution in [0, 0.1) is 5.82 Å². The van der Waals surface area contributed by atoms with Gasteiger partial charge in [0.05, 0.1) is 23.8 Å². The third kappa shape index (κ3) is 2.99. The van der Waals surface area contributed by atoms with Crippen LogP contribution in [-0.4, -0.2) is 25.1 Å². The zero-order chi connectivity index (χ0) is 18.1. The lowest BCUT2D eigenvalue weighted by Crippen LogP contribution is -2.01. The summed E-state index contributed by atoms with van der Waals surface area (Å²) >= 11 is 6.01. The molecule has 4 aromatic rings. The van der Waals surface area contributed by atoms with E-state index in [9.17, 15) is 9.18 Å². The third-order valence-electron chi connectivity index (χ3n) is 4.26. The molecule has 0 atom stereocenters. The quantitative estimate of drug-likeness (QED) is 0.533. The Morgan fingerprint density at radius 1 is 1.31 bits per heavy atom. The van der Waals surface area contributed by atoms with Crippen LogP contribution in [-0.2, 0) is 6.42 Å². The van der Waals surface area contributed by atoms with Crippen molar-refractivity contribution in [1.82, 2.24) is 19.4 Å². The molecule has 0 aliphatic heterocycles. The summed E-state index contributed by atoms with van der Waals surface area (Å²) in [6, 6.07) is 6.29. The van der Waals surface area contributed by atoms with Crippen molar-refractivity contribution in [2.45, 2.75) is 12.8 Å². The highest BCUT2D eigenvalue weighted by Crippen LogP contribution is 2.23. The average Bonchev–Trinajstić information content (AvgIpc) is 3.28. The molecular formula is C19H14ClFN4O. The molecule has 0 amide bonds. The number of carbonyl (C=O) groups excluding carboxylic acids is 1. The van der Waals surface area contributed by atoms with Gasteiger partial charge < -0.3 is 4.98 Å². The van der Waals surface area contributed by atoms with Gasteiger partial charge in [-0.2, -0.15) is 0 Å². The van der Waals surface area contributed by atoms with Gasteiger partial charge in [0.15, 0.2) is 11.4 Å². The summed E-state index contributed by atoms with van der Waals surface area (Å²) in [7, 11) is 0. The molecule has 0 saturated heterocycles. The van der Waals surface area contributed by atoms with E-state index in [0.29, 0.717) is 16.1 Å². The van der Waals surface area contributed by atoms with Crippen molar-refractivity contribution in [2.24, 2.45) is 0 Å². The van der Waals surface area contributed by atoms with E-state index in [-0.39, 0.29) is 24.4 Å². The molecule has 7 heteroatoms.